The highest BCUT2D eigenvalue weighted by Gasteiger charge is 2.22. The minimum absolute atomic E-state index is 0.0159. The maximum Gasteiger partial charge on any atom is 0.259 e. The van der Waals surface area contributed by atoms with Gasteiger partial charge in [-0.05, 0) is 55.0 Å². The lowest BCUT2D eigenvalue weighted by Crippen LogP contribution is -2.14. The number of thiophene rings is 1. The Kier molecular flexibility index (Phi) is 5.92. The topological polar surface area (TPSA) is 64.2 Å². The van der Waals surface area contributed by atoms with Crippen LogP contribution < -0.4 is 15.0 Å². The van der Waals surface area contributed by atoms with Crippen molar-refractivity contribution in [3.8, 4) is 11.5 Å². The Bertz CT molecular complexity index is 1010. The molecule has 0 fully saturated rings. The van der Waals surface area contributed by atoms with Crippen LogP contribution in [0, 0.1) is 5.92 Å². The molecule has 28 heavy (non-hydrogen) atoms. The van der Waals surface area contributed by atoms with Crippen molar-refractivity contribution in [1.82, 2.24) is 9.97 Å². The second-order valence-electron chi connectivity index (χ2n) is 7.12. The Balaban J connectivity index is 1.34. The number of rotatable bonds is 7. The third kappa shape index (κ3) is 4.20. The van der Waals surface area contributed by atoms with Crippen LogP contribution in [0.15, 0.2) is 29.1 Å². The Labute approximate surface area is 172 Å². The number of ether oxygens (including phenoxy) is 2. The molecule has 1 aliphatic carbocycles. The fourth-order valence-corrected chi connectivity index (χ4v) is 5.60. The SMILES string of the molecule is COc1ccc(OCCSCc2nc3sc4c(c3c(=O)[nH]2)CC[C@H](C)C4)cc1. The summed E-state index contributed by atoms with van der Waals surface area (Å²) in [6.07, 6.45) is 3.23. The lowest BCUT2D eigenvalue weighted by atomic mass is 9.89. The van der Waals surface area contributed by atoms with Crippen molar-refractivity contribution in [2.75, 3.05) is 19.5 Å². The normalized spacial score (nSPS) is 16.1. The molecule has 0 saturated heterocycles. The zero-order valence-corrected chi connectivity index (χ0v) is 17.8. The van der Waals surface area contributed by atoms with E-state index in [-0.39, 0.29) is 5.56 Å². The van der Waals surface area contributed by atoms with E-state index in [2.05, 4.69) is 11.9 Å². The van der Waals surface area contributed by atoms with Crippen LogP contribution in [0.1, 0.15) is 29.6 Å². The number of thioether (sulfide) groups is 1. The van der Waals surface area contributed by atoms with Gasteiger partial charge >= 0.3 is 0 Å². The van der Waals surface area contributed by atoms with Gasteiger partial charge in [-0.2, -0.15) is 11.8 Å². The van der Waals surface area contributed by atoms with Crippen molar-refractivity contribution >= 4 is 33.3 Å². The van der Waals surface area contributed by atoms with E-state index in [1.807, 2.05) is 24.3 Å². The molecule has 0 saturated carbocycles. The molecule has 148 valence electrons. The van der Waals surface area contributed by atoms with Crippen LogP contribution in [0.5, 0.6) is 11.5 Å². The second-order valence-corrected chi connectivity index (χ2v) is 9.31. The molecule has 2 aromatic heterocycles. The number of aromatic amines is 1. The van der Waals surface area contributed by atoms with Crippen LogP contribution in [0.25, 0.3) is 10.2 Å². The van der Waals surface area contributed by atoms with E-state index >= 15 is 0 Å². The summed E-state index contributed by atoms with van der Waals surface area (Å²) >= 11 is 3.41. The van der Waals surface area contributed by atoms with Gasteiger partial charge in [-0.1, -0.05) is 6.92 Å². The summed E-state index contributed by atoms with van der Waals surface area (Å²) in [4.78, 5) is 22.6. The maximum absolute atomic E-state index is 12.6. The van der Waals surface area contributed by atoms with Gasteiger partial charge < -0.3 is 14.5 Å². The van der Waals surface area contributed by atoms with E-state index in [1.165, 1.54) is 10.4 Å². The predicted molar refractivity (Wildman–Crippen MR) is 116 cm³/mol. The van der Waals surface area contributed by atoms with Crippen LogP contribution in [-0.2, 0) is 18.6 Å². The lowest BCUT2D eigenvalue weighted by Gasteiger charge is -2.17. The molecule has 3 aromatic rings. The Hall–Kier alpha value is -1.99. The van der Waals surface area contributed by atoms with Crippen LogP contribution in [0.3, 0.4) is 0 Å². The highest BCUT2D eigenvalue weighted by atomic mass is 32.2. The van der Waals surface area contributed by atoms with Gasteiger partial charge in [0.2, 0.25) is 0 Å². The number of fused-ring (bicyclic) bond motifs is 3. The molecule has 1 aliphatic rings. The molecule has 0 bridgehead atoms. The van der Waals surface area contributed by atoms with E-state index in [0.717, 1.165) is 52.6 Å². The largest absolute Gasteiger partial charge is 0.497 e. The van der Waals surface area contributed by atoms with Crippen molar-refractivity contribution in [1.29, 1.82) is 0 Å². The number of methoxy groups -OCH3 is 1. The molecule has 7 heteroatoms. The van der Waals surface area contributed by atoms with Gasteiger partial charge in [0, 0.05) is 10.6 Å². The van der Waals surface area contributed by atoms with Gasteiger partial charge in [0.1, 0.15) is 22.2 Å². The molecule has 1 atom stereocenters. The van der Waals surface area contributed by atoms with Crippen LogP contribution in [0.2, 0.25) is 0 Å². The minimum atomic E-state index is 0.0159. The third-order valence-electron chi connectivity index (χ3n) is 5.01. The number of nitrogens with one attached hydrogen (secondary N) is 1. The monoisotopic (exact) mass is 416 g/mol. The molecule has 0 aliphatic heterocycles. The zero-order valence-electron chi connectivity index (χ0n) is 16.1. The fraction of sp³-hybridized carbons (Fsp3) is 0.429. The first-order valence-electron chi connectivity index (χ1n) is 9.52. The number of hydrogen-bond donors (Lipinski definition) is 1. The number of nitrogens with zero attached hydrogens (tertiary/aromatic N) is 1. The van der Waals surface area contributed by atoms with Gasteiger partial charge in [0.25, 0.3) is 5.56 Å². The summed E-state index contributed by atoms with van der Waals surface area (Å²) < 4.78 is 10.9. The van der Waals surface area contributed by atoms with Crippen LogP contribution in [-0.4, -0.2) is 29.4 Å². The van der Waals surface area contributed by atoms with Gasteiger partial charge in [-0.3, -0.25) is 4.79 Å². The first-order valence-corrected chi connectivity index (χ1v) is 11.5. The Morgan fingerprint density at radius 2 is 2.07 bits per heavy atom. The third-order valence-corrected chi connectivity index (χ3v) is 7.09. The minimum Gasteiger partial charge on any atom is -0.497 e. The first-order chi connectivity index (χ1) is 13.6. The number of aryl methyl sites for hydroxylation is 1. The molecule has 1 N–H and O–H groups in total. The van der Waals surface area contributed by atoms with Crippen LogP contribution in [0.4, 0.5) is 0 Å². The summed E-state index contributed by atoms with van der Waals surface area (Å²) in [6, 6.07) is 7.56. The van der Waals surface area contributed by atoms with Crippen molar-refractivity contribution in [3.05, 3.63) is 50.9 Å². The molecular formula is C21H24N2O3S2. The van der Waals surface area contributed by atoms with Gasteiger partial charge in [0.05, 0.1) is 24.9 Å². The number of H-pyrrole nitrogens is 1. The lowest BCUT2D eigenvalue weighted by molar-refractivity contribution is 0.342. The quantitative estimate of drug-likeness (QED) is 0.577. The first kappa shape index (κ1) is 19.3. The van der Waals surface area contributed by atoms with Gasteiger partial charge in [-0.25, -0.2) is 4.98 Å². The van der Waals surface area contributed by atoms with E-state index in [1.54, 1.807) is 30.2 Å². The Morgan fingerprint density at radius 3 is 2.86 bits per heavy atom. The average molecular weight is 417 g/mol. The van der Waals surface area contributed by atoms with Crippen molar-refractivity contribution in [2.45, 2.75) is 31.9 Å². The van der Waals surface area contributed by atoms with E-state index in [4.69, 9.17) is 14.5 Å². The number of hydrogen-bond acceptors (Lipinski definition) is 6. The molecule has 5 nitrogen and oxygen atoms in total. The highest BCUT2D eigenvalue weighted by molar-refractivity contribution is 7.98. The standard InChI is InChI=1S/C21H24N2O3S2/c1-13-3-8-16-17(11-13)28-21-19(16)20(24)22-18(23-21)12-27-10-9-26-15-6-4-14(25-2)5-7-15/h4-7,13H,3,8-12H2,1-2H3,(H,22,23,24)/t13-/m0/s1. The summed E-state index contributed by atoms with van der Waals surface area (Å²) in [6.45, 7) is 2.88. The maximum atomic E-state index is 12.6. The van der Waals surface area contributed by atoms with E-state index < -0.39 is 0 Å². The zero-order chi connectivity index (χ0) is 19.5. The Morgan fingerprint density at radius 1 is 1.29 bits per heavy atom. The molecule has 0 unspecified atom stereocenters. The smallest absolute Gasteiger partial charge is 0.259 e. The number of aromatic nitrogens is 2. The van der Waals surface area contributed by atoms with E-state index in [9.17, 15) is 4.79 Å². The molecule has 0 spiro atoms. The molecule has 2 heterocycles. The molecule has 0 amide bonds. The van der Waals surface area contributed by atoms with Crippen molar-refractivity contribution < 1.29 is 9.47 Å². The van der Waals surface area contributed by atoms with Gasteiger partial charge in [0.15, 0.2) is 0 Å². The average Bonchev–Trinajstić information content (AvgIpc) is 3.06. The number of benzene rings is 1. The van der Waals surface area contributed by atoms with Crippen LogP contribution >= 0.6 is 23.1 Å². The molecular weight excluding hydrogens is 392 g/mol. The second kappa shape index (κ2) is 8.57. The molecule has 0 radical (unpaired) electrons. The highest BCUT2D eigenvalue weighted by Crippen LogP contribution is 2.35. The summed E-state index contributed by atoms with van der Waals surface area (Å²) in [5.74, 6) is 4.59. The van der Waals surface area contributed by atoms with E-state index in [0.29, 0.717) is 18.3 Å². The van der Waals surface area contributed by atoms with Crippen molar-refractivity contribution in [2.24, 2.45) is 5.92 Å². The van der Waals surface area contributed by atoms with Gasteiger partial charge in [-0.15, -0.1) is 11.3 Å². The molecule has 4 rings (SSSR count). The molecule has 1 aromatic carbocycles. The predicted octanol–water partition coefficient (Wildman–Crippen LogP) is 4.43. The summed E-state index contributed by atoms with van der Waals surface area (Å²) in [5.41, 5.74) is 1.25. The summed E-state index contributed by atoms with van der Waals surface area (Å²) in [5, 5.41) is 0.823. The summed E-state index contributed by atoms with van der Waals surface area (Å²) in [7, 11) is 1.65. The fourth-order valence-electron chi connectivity index (χ4n) is 3.52. The van der Waals surface area contributed by atoms with Crippen molar-refractivity contribution in [3.63, 3.8) is 0 Å².